The van der Waals surface area contributed by atoms with Gasteiger partial charge >= 0.3 is 5.97 Å². The molecule has 0 N–H and O–H groups in total. The molecule has 1 heterocycles. The predicted octanol–water partition coefficient (Wildman–Crippen LogP) is 3.74. The van der Waals surface area contributed by atoms with Gasteiger partial charge in [0.25, 0.3) is 0 Å². The molecule has 0 atom stereocenters. The van der Waals surface area contributed by atoms with Gasteiger partial charge < -0.3 is 21.6 Å². The molecule has 1 saturated heterocycles. The van der Waals surface area contributed by atoms with E-state index in [4.69, 9.17) is 16.3 Å². The number of piperidine rings is 1. The molecule has 0 unspecified atom stereocenters. The van der Waals surface area contributed by atoms with E-state index in [9.17, 15) is 4.79 Å². The maximum atomic E-state index is 12.6. The molecule has 0 aliphatic carbocycles. The summed E-state index contributed by atoms with van der Waals surface area (Å²) in [5.74, 6) is -0.0254. The van der Waals surface area contributed by atoms with Gasteiger partial charge in [0.2, 0.25) is 0 Å². The number of rotatable bonds is 13. The average Bonchev–Trinajstić information content (AvgIpc) is 2.74. The van der Waals surface area contributed by atoms with Crippen LogP contribution < -0.4 is 12.4 Å². The van der Waals surface area contributed by atoms with Crippen molar-refractivity contribution in [2.75, 3.05) is 32.8 Å². The number of hydrogen-bond acceptors (Lipinski definition) is 2. The minimum Gasteiger partial charge on any atom is -1.00 e. The summed E-state index contributed by atoms with van der Waals surface area (Å²) in [5, 5.41) is 0.824. The van der Waals surface area contributed by atoms with Gasteiger partial charge in [-0.05, 0) is 56.7 Å². The van der Waals surface area contributed by atoms with E-state index < -0.39 is 0 Å². The standard InChI is InChI=1S/C26H41ClNO2.ClH/c1-3-4-5-6-7-13-20-30-26(29)22-28(17-11-8-12-18-28)19-16-23(2)21-24-14-9-10-15-25(24)27;/h9-10,14-16H,3-8,11-13,17-22H2,1-2H3;1H/q+1;/p-1/b23-16-;. The van der Waals surface area contributed by atoms with E-state index in [1.807, 2.05) is 18.2 Å². The summed E-state index contributed by atoms with van der Waals surface area (Å²) in [6.07, 6.45) is 14.1. The Labute approximate surface area is 201 Å². The summed E-state index contributed by atoms with van der Waals surface area (Å²) in [5.41, 5.74) is 2.48. The van der Waals surface area contributed by atoms with Crippen LogP contribution in [-0.2, 0) is 16.0 Å². The van der Waals surface area contributed by atoms with Gasteiger partial charge in [0.15, 0.2) is 6.54 Å². The molecule has 0 radical (unpaired) electrons. The third-order valence-electron chi connectivity index (χ3n) is 6.24. The number of likely N-dealkylation sites (tertiary alicyclic amines) is 1. The zero-order chi connectivity index (χ0) is 21.7. The molecule has 31 heavy (non-hydrogen) atoms. The minimum atomic E-state index is -0.0254. The fourth-order valence-corrected chi connectivity index (χ4v) is 4.54. The monoisotopic (exact) mass is 469 g/mol. The van der Waals surface area contributed by atoms with Crippen LogP contribution in [-0.4, -0.2) is 43.2 Å². The molecule has 0 saturated carbocycles. The van der Waals surface area contributed by atoms with Crippen molar-refractivity contribution in [2.45, 2.75) is 78.1 Å². The van der Waals surface area contributed by atoms with Gasteiger partial charge in [-0.15, -0.1) is 0 Å². The molecule has 1 aromatic carbocycles. The normalized spacial score (nSPS) is 15.9. The number of hydrogen-bond donors (Lipinski definition) is 0. The molecule has 0 spiro atoms. The second-order valence-corrected chi connectivity index (χ2v) is 9.40. The van der Waals surface area contributed by atoms with Crippen molar-refractivity contribution in [1.82, 2.24) is 0 Å². The number of carbonyl (C=O) groups excluding carboxylic acids is 1. The molecular formula is C26H41Cl2NO2. The van der Waals surface area contributed by atoms with Crippen LogP contribution in [0.5, 0.6) is 0 Å². The number of esters is 1. The van der Waals surface area contributed by atoms with Crippen LogP contribution in [0.15, 0.2) is 35.9 Å². The smallest absolute Gasteiger partial charge is 0.361 e. The number of ether oxygens (including phenoxy) is 1. The largest absolute Gasteiger partial charge is 1.00 e. The summed E-state index contributed by atoms with van der Waals surface area (Å²) >= 11 is 6.32. The van der Waals surface area contributed by atoms with Crippen LogP contribution in [0, 0.1) is 0 Å². The first-order valence-corrected chi connectivity index (χ1v) is 12.3. The lowest BCUT2D eigenvalue weighted by Crippen LogP contribution is -3.00. The van der Waals surface area contributed by atoms with E-state index in [-0.39, 0.29) is 18.4 Å². The van der Waals surface area contributed by atoms with E-state index in [0.717, 1.165) is 54.0 Å². The summed E-state index contributed by atoms with van der Waals surface area (Å²) in [4.78, 5) is 12.6. The Morgan fingerprint density at radius 2 is 1.74 bits per heavy atom. The van der Waals surface area contributed by atoms with E-state index in [2.05, 4.69) is 26.0 Å². The Morgan fingerprint density at radius 1 is 1.06 bits per heavy atom. The van der Waals surface area contributed by atoms with Gasteiger partial charge in [0.1, 0.15) is 0 Å². The molecule has 1 fully saturated rings. The minimum absolute atomic E-state index is 0. The van der Waals surface area contributed by atoms with Crippen molar-refractivity contribution >= 4 is 17.6 Å². The fourth-order valence-electron chi connectivity index (χ4n) is 4.34. The van der Waals surface area contributed by atoms with E-state index in [0.29, 0.717) is 13.2 Å². The van der Waals surface area contributed by atoms with Gasteiger partial charge in [-0.3, -0.25) is 0 Å². The topological polar surface area (TPSA) is 26.3 Å². The maximum absolute atomic E-state index is 12.6. The summed E-state index contributed by atoms with van der Waals surface area (Å²) < 4.78 is 6.44. The third-order valence-corrected chi connectivity index (χ3v) is 6.61. The van der Waals surface area contributed by atoms with E-state index in [1.165, 1.54) is 50.5 Å². The lowest BCUT2D eigenvalue weighted by atomic mass is 10.0. The van der Waals surface area contributed by atoms with Crippen molar-refractivity contribution in [3.05, 3.63) is 46.5 Å². The van der Waals surface area contributed by atoms with Gasteiger partial charge in [0, 0.05) is 5.02 Å². The number of halogens is 2. The first-order valence-electron chi connectivity index (χ1n) is 11.9. The van der Waals surface area contributed by atoms with Gasteiger partial charge in [-0.25, -0.2) is 4.79 Å². The van der Waals surface area contributed by atoms with Crippen molar-refractivity contribution < 1.29 is 26.4 Å². The molecule has 1 aliphatic rings. The molecular weight excluding hydrogens is 429 g/mol. The highest BCUT2D eigenvalue weighted by molar-refractivity contribution is 6.31. The van der Waals surface area contributed by atoms with Crippen LogP contribution in [0.3, 0.4) is 0 Å². The van der Waals surface area contributed by atoms with Crippen LogP contribution in [0.4, 0.5) is 0 Å². The highest BCUT2D eigenvalue weighted by atomic mass is 35.5. The summed E-state index contributed by atoms with van der Waals surface area (Å²) in [7, 11) is 0. The maximum Gasteiger partial charge on any atom is 0.361 e. The van der Waals surface area contributed by atoms with E-state index >= 15 is 0 Å². The lowest BCUT2D eigenvalue weighted by molar-refractivity contribution is -0.920. The highest BCUT2D eigenvalue weighted by Gasteiger charge is 2.32. The Hall–Kier alpha value is -1.03. The Bertz CT molecular complexity index is 669. The molecule has 3 nitrogen and oxygen atoms in total. The molecule has 0 bridgehead atoms. The van der Waals surface area contributed by atoms with Gasteiger partial charge in [-0.2, -0.15) is 0 Å². The Kier molecular flexibility index (Phi) is 14.2. The van der Waals surface area contributed by atoms with Crippen molar-refractivity contribution in [3.63, 3.8) is 0 Å². The molecule has 0 amide bonds. The average molecular weight is 471 g/mol. The Morgan fingerprint density at radius 3 is 2.45 bits per heavy atom. The van der Waals surface area contributed by atoms with E-state index in [1.54, 1.807) is 0 Å². The molecule has 5 heteroatoms. The fraction of sp³-hybridized carbons (Fsp3) is 0.654. The summed E-state index contributed by atoms with van der Waals surface area (Å²) in [6, 6.07) is 8.04. The number of benzene rings is 1. The number of carbonyl (C=O) groups is 1. The lowest BCUT2D eigenvalue weighted by Gasteiger charge is -2.40. The Balaban J connectivity index is 0.00000480. The quantitative estimate of drug-likeness (QED) is 0.190. The second kappa shape index (κ2) is 15.7. The number of quaternary nitrogens is 1. The van der Waals surface area contributed by atoms with Crippen molar-refractivity contribution in [3.8, 4) is 0 Å². The van der Waals surface area contributed by atoms with Crippen LogP contribution in [0.25, 0.3) is 0 Å². The number of allylic oxidation sites excluding steroid dienone is 1. The molecule has 2 rings (SSSR count). The van der Waals surface area contributed by atoms with Crippen LogP contribution >= 0.6 is 11.6 Å². The first kappa shape index (κ1) is 28.0. The zero-order valence-corrected chi connectivity index (χ0v) is 21.0. The third kappa shape index (κ3) is 10.9. The zero-order valence-electron chi connectivity index (χ0n) is 19.5. The number of nitrogens with zero attached hydrogens (tertiary/aromatic N) is 1. The van der Waals surface area contributed by atoms with Gasteiger partial charge in [-0.1, -0.05) is 74.4 Å². The second-order valence-electron chi connectivity index (χ2n) is 9.00. The first-order chi connectivity index (χ1) is 14.5. The molecule has 1 aromatic rings. The van der Waals surface area contributed by atoms with Crippen molar-refractivity contribution in [1.29, 1.82) is 0 Å². The number of unbranched alkanes of at least 4 members (excludes halogenated alkanes) is 5. The van der Waals surface area contributed by atoms with Gasteiger partial charge in [0.05, 0.1) is 26.2 Å². The molecule has 0 aromatic heterocycles. The SMILES string of the molecule is CCCCCCCCOC(=O)C[N+]1(C/C=C(/C)Cc2ccccc2Cl)CCCCC1.[Cl-]. The predicted molar refractivity (Wildman–Crippen MR) is 127 cm³/mol. The van der Waals surface area contributed by atoms with Crippen LogP contribution in [0.1, 0.15) is 77.2 Å². The summed E-state index contributed by atoms with van der Waals surface area (Å²) in [6.45, 7) is 8.53. The van der Waals surface area contributed by atoms with Crippen molar-refractivity contribution in [2.24, 2.45) is 0 Å². The van der Waals surface area contributed by atoms with Crippen LogP contribution in [0.2, 0.25) is 5.02 Å². The highest BCUT2D eigenvalue weighted by Crippen LogP contribution is 2.22. The molecule has 1 aliphatic heterocycles. The molecule has 176 valence electrons.